The van der Waals surface area contributed by atoms with E-state index in [9.17, 15) is 31.2 Å². The summed E-state index contributed by atoms with van der Waals surface area (Å²) in [5.74, 6) is -1.29. The van der Waals surface area contributed by atoms with Crippen LogP contribution in [-0.4, -0.2) is 79.2 Å². The van der Waals surface area contributed by atoms with Crippen molar-refractivity contribution in [3.05, 3.63) is 59.3 Å². The number of halogens is 3. The fraction of sp³-hybridized carbons (Fsp3) is 0.350. The van der Waals surface area contributed by atoms with Crippen molar-refractivity contribution in [2.45, 2.75) is 6.18 Å². The maximum absolute atomic E-state index is 13.2. The molecule has 2 amide bonds. The zero-order valence-corrected chi connectivity index (χ0v) is 17.6. The highest BCUT2D eigenvalue weighted by Gasteiger charge is 2.37. The van der Waals surface area contributed by atoms with Gasteiger partial charge in [-0.2, -0.15) is 13.2 Å². The molecule has 8 nitrogen and oxygen atoms in total. The van der Waals surface area contributed by atoms with Gasteiger partial charge in [-0.3, -0.25) is 9.59 Å². The van der Waals surface area contributed by atoms with Gasteiger partial charge in [0.25, 0.3) is 21.8 Å². The first-order chi connectivity index (χ1) is 15.1. The molecule has 0 N–H and O–H groups in total. The molecule has 0 unspecified atom stereocenters. The second-order valence-corrected chi connectivity index (χ2v) is 9.20. The van der Waals surface area contributed by atoms with Crippen molar-refractivity contribution in [1.82, 2.24) is 14.7 Å². The molecule has 0 aromatic heterocycles. The number of benzene rings is 1. The molecule has 3 aliphatic rings. The Hall–Kier alpha value is -3.15. The lowest BCUT2D eigenvalue weighted by Crippen LogP contribution is -2.52. The van der Waals surface area contributed by atoms with Crippen LogP contribution in [0.3, 0.4) is 0 Å². The van der Waals surface area contributed by atoms with Crippen LogP contribution in [-0.2, 0) is 21.0 Å². The molecular weight excluding hydrogens is 449 g/mol. The second-order valence-electron chi connectivity index (χ2n) is 7.44. The fourth-order valence-electron chi connectivity index (χ4n) is 3.75. The molecule has 0 spiro atoms. The maximum atomic E-state index is 13.2. The summed E-state index contributed by atoms with van der Waals surface area (Å²) in [6, 6.07) is 4.59. The van der Waals surface area contributed by atoms with E-state index in [-0.39, 0.29) is 49.9 Å². The first-order valence-electron chi connectivity index (χ1n) is 9.80. The second kappa shape index (κ2) is 8.08. The van der Waals surface area contributed by atoms with Gasteiger partial charge in [0.1, 0.15) is 0 Å². The Morgan fingerprint density at radius 2 is 1.56 bits per heavy atom. The quantitative estimate of drug-likeness (QED) is 0.656. The number of carbonyl (C=O) groups excluding carboxylic acids is 2. The molecule has 12 heteroatoms. The van der Waals surface area contributed by atoms with E-state index in [1.165, 1.54) is 28.0 Å². The number of rotatable bonds is 2. The number of hydrogen-bond acceptors (Lipinski definition) is 5. The Kier molecular flexibility index (Phi) is 5.57. The summed E-state index contributed by atoms with van der Waals surface area (Å²) in [5.41, 5.74) is -1.31. The predicted molar refractivity (Wildman–Crippen MR) is 109 cm³/mol. The first-order valence-corrected chi connectivity index (χ1v) is 11.4. The highest BCUT2D eigenvalue weighted by molar-refractivity contribution is 7.90. The Balaban J connectivity index is 1.47. The van der Waals surface area contributed by atoms with Crippen LogP contribution in [0.4, 0.5) is 13.2 Å². The van der Waals surface area contributed by atoms with Gasteiger partial charge in [0.2, 0.25) is 0 Å². The third-order valence-corrected chi connectivity index (χ3v) is 6.55. The molecule has 3 heterocycles. The van der Waals surface area contributed by atoms with Gasteiger partial charge in [0.05, 0.1) is 22.5 Å². The van der Waals surface area contributed by atoms with Crippen LogP contribution in [0, 0.1) is 0 Å². The number of allylic oxidation sites excluding steroid dienone is 2. The molecular formula is C20H19F3N4O4S. The van der Waals surface area contributed by atoms with Crippen LogP contribution >= 0.6 is 0 Å². The normalized spacial score (nSPS) is 20.4. The highest BCUT2D eigenvalue weighted by Crippen LogP contribution is 2.32. The molecule has 1 fully saturated rings. The predicted octanol–water partition coefficient (Wildman–Crippen LogP) is 1.49. The minimum atomic E-state index is -4.65. The van der Waals surface area contributed by atoms with Gasteiger partial charge in [-0.05, 0) is 24.3 Å². The number of piperazine rings is 1. The lowest BCUT2D eigenvalue weighted by molar-refractivity contribution is -0.138. The maximum Gasteiger partial charge on any atom is 0.417 e. The van der Waals surface area contributed by atoms with Crippen molar-refractivity contribution >= 4 is 27.7 Å². The van der Waals surface area contributed by atoms with Crippen molar-refractivity contribution in [1.29, 1.82) is 0 Å². The summed E-state index contributed by atoms with van der Waals surface area (Å²) in [6.45, 7) is 0.478. The summed E-state index contributed by atoms with van der Waals surface area (Å²) in [4.78, 5) is 30.0. The van der Waals surface area contributed by atoms with Crippen LogP contribution in [0.25, 0.3) is 0 Å². The SMILES string of the molecule is O=C(C1=CC=CN2CCS(=O)(=O)N=C12)N1CCN(C(=O)c2ccccc2C(F)(F)F)CC1. The monoisotopic (exact) mass is 468 g/mol. The van der Waals surface area contributed by atoms with Crippen molar-refractivity contribution < 1.29 is 31.2 Å². The van der Waals surface area contributed by atoms with E-state index in [0.717, 1.165) is 12.1 Å². The average Bonchev–Trinajstić information content (AvgIpc) is 2.76. The van der Waals surface area contributed by atoms with Crippen molar-refractivity contribution in [2.24, 2.45) is 4.40 Å². The van der Waals surface area contributed by atoms with E-state index in [0.29, 0.717) is 0 Å². The zero-order chi connectivity index (χ0) is 23.1. The molecule has 170 valence electrons. The molecule has 1 aromatic carbocycles. The van der Waals surface area contributed by atoms with E-state index < -0.39 is 39.1 Å². The summed E-state index contributed by atoms with van der Waals surface area (Å²) in [5, 5.41) is 0. The van der Waals surface area contributed by atoms with Gasteiger partial charge in [-0.1, -0.05) is 12.1 Å². The molecule has 32 heavy (non-hydrogen) atoms. The molecule has 1 saturated heterocycles. The molecule has 1 aromatic rings. The Morgan fingerprint density at radius 3 is 2.22 bits per heavy atom. The van der Waals surface area contributed by atoms with E-state index in [2.05, 4.69) is 4.40 Å². The topological polar surface area (TPSA) is 90.4 Å². The molecule has 0 aliphatic carbocycles. The number of amidine groups is 1. The van der Waals surface area contributed by atoms with Crippen molar-refractivity contribution in [3.63, 3.8) is 0 Å². The third kappa shape index (κ3) is 4.27. The van der Waals surface area contributed by atoms with Gasteiger partial charge in [-0.15, -0.1) is 4.40 Å². The number of carbonyl (C=O) groups is 2. The smallest absolute Gasteiger partial charge is 0.335 e. The number of nitrogens with zero attached hydrogens (tertiary/aromatic N) is 4. The van der Waals surface area contributed by atoms with E-state index in [1.807, 2.05) is 0 Å². The van der Waals surface area contributed by atoms with Gasteiger partial charge in [0.15, 0.2) is 5.84 Å². The summed E-state index contributed by atoms with van der Waals surface area (Å²) < 4.78 is 67.2. The van der Waals surface area contributed by atoms with Crippen LogP contribution in [0.1, 0.15) is 15.9 Å². The minimum absolute atomic E-state index is 0.0500. The molecule has 0 atom stereocenters. The summed E-state index contributed by atoms with van der Waals surface area (Å²) >= 11 is 0. The van der Waals surface area contributed by atoms with E-state index in [1.54, 1.807) is 17.2 Å². The molecule has 0 bridgehead atoms. The lowest BCUT2D eigenvalue weighted by atomic mass is 10.1. The third-order valence-electron chi connectivity index (χ3n) is 5.40. The molecule has 0 radical (unpaired) electrons. The van der Waals surface area contributed by atoms with Gasteiger partial charge in [-0.25, -0.2) is 8.42 Å². The number of sulfonamides is 1. The van der Waals surface area contributed by atoms with E-state index >= 15 is 0 Å². The van der Waals surface area contributed by atoms with Gasteiger partial charge < -0.3 is 14.7 Å². The first kappa shape index (κ1) is 22.1. The van der Waals surface area contributed by atoms with Crippen LogP contribution in [0.15, 0.2) is 52.6 Å². The molecule has 0 saturated carbocycles. The number of alkyl halides is 3. The molecule has 3 aliphatic heterocycles. The standard InChI is InChI=1S/C20H19F3N4O4S/c21-20(22,23)16-6-2-1-4-14(16)18(28)26-8-10-27(11-9-26)19(29)15-5-3-7-25-12-13-32(30,31)24-17(15)25/h1-7H,8-13H2. The zero-order valence-electron chi connectivity index (χ0n) is 16.7. The average molecular weight is 468 g/mol. The Morgan fingerprint density at radius 1 is 0.938 bits per heavy atom. The number of amides is 2. The fourth-order valence-corrected chi connectivity index (χ4v) is 4.74. The highest BCUT2D eigenvalue weighted by atomic mass is 32.2. The van der Waals surface area contributed by atoms with Crippen LogP contribution in [0.5, 0.6) is 0 Å². The number of hydrogen-bond donors (Lipinski definition) is 0. The van der Waals surface area contributed by atoms with Crippen LogP contribution in [0.2, 0.25) is 0 Å². The summed E-state index contributed by atoms with van der Waals surface area (Å²) in [6.07, 6.45) is 0.0879. The lowest BCUT2D eigenvalue weighted by Gasteiger charge is -2.37. The van der Waals surface area contributed by atoms with Crippen LogP contribution < -0.4 is 0 Å². The van der Waals surface area contributed by atoms with E-state index in [4.69, 9.17) is 0 Å². The number of fused-ring (bicyclic) bond motifs is 1. The summed E-state index contributed by atoms with van der Waals surface area (Å²) in [7, 11) is -3.66. The van der Waals surface area contributed by atoms with Gasteiger partial charge in [0, 0.05) is 38.9 Å². The van der Waals surface area contributed by atoms with Gasteiger partial charge >= 0.3 is 6.18 Å². The molecule has 4 rings (SSSR count). The minimum Gasteiger partial charge on any atom is -0.335 e. The Labute approximate surface area is 182 Å². The Bertz CT molecular complexity index is 1150. The largest absolute Gasteiger partial charge is 0.417 e. The van der Waals surface area contributed by atoms with Crippen molar-refractivity contribution in [2.75, 3.05) is 38.5 Å². The van der Waals surface area contributed by atoms with Crippen molar-refractivity contribution in [3.8, 4) is 0 Å².